The molecular formula is C14H14N2O4. The van der Waals surface area contributed by atoms with Gasteiger partial charge in [-0.15, -0.1) is 0 Å². The molecule has 0 saturated heterocycles. The molecule has 0 aliphatic carbocycles. The number of nitrogens with two attached hydrogens (primary N) is 1. The normalized spacial score (nSPS) is 10.1. The number of anilines is 2. The molecule has 104 valence electrons. The third-order valence-corrected chi connectivity index (χ3v) is 2.74. The van der Waals surface area contributed by atoms with E-state index in [9.17, 15) is 15.0 Å². The Hall–Kier alpha value is -2.89. The minimum Gasteiger partial charge on any atom is -0.507 e. The average Bonchev–Trinajstić information content (AvgIpc) is 2.38. The lowest BCUT2D eigenvalue weighted by Crippen LogP contribution is -2.12. The first-order valence-corrected chi connectivity index (χ1v) is 5.78. The maximum Gasteiger partial charge on any atom is 0.263 e. The Bertz CT molecular complexity index is 635. The molecule has 2 aromatic carbocycles. The predicted molar refractivity (Wildman–Crippen MR) is 75.1 cm³/mol. The number of rotatable bonds is 3. The van der Waals surface area contributed by atoms with Crippen molar-refractivity contribution in [3.63, 3.8) is 0 Å². The zero-order chi connectivity index (χ0) is 14.7. The van der Waals surface area contributed by atoms with Crippen molar-refractivity contribution < 1.29 is 19.7 Å². The summed E-state index contributed by atoms with van der Waals surface area (Å²) in [4.78, 5) is 12.0. The number of methoxy groups -OCH3 is 1. The monoisotopic (exact) mass is 274 g/mol. The van der Waals surface area contributed by atoms with Gasteiger partial charge < -0.3 is 26.0 Å². The van der Waals surface area contributed by atoms with Crippen LogP contribution in [0.1, 0.15) is 10.4 Å². The molecule has 5 N–H and O–H groups in total. The Labute approximate surface area is 115 Å². The maximum absolute atomic E-state index is 12.0. The van der Waals surface area contributed by atoms with Gasteiger partial charge in [-0.1, -0.05) is 6.07 Å². The van der Waals surface area contributed by atoms with Crippen LogP contribution in [-0.4, -0.2) is 23.2 Å². The zero-order valence-electron chi connectivity index (χ0n) is 10.8. The Kier molecular flexibility index (Phi) is 3.65. The summed E-state index contributed by atoms with van der Waals surface area (Å²) in [5.41, 5.74) is 6.33. The second kappa shape index (κ2) is 5.40. The first-order valence-electron chi connectivity index (χ1n) is 5.78. The number of ether oxygens (including phenoxy) is 1. The van der Waals surface area contributed by atoms with E-state index in [4.69, 9.17) is 10.5 Å². The lowest BCUT2D eigenvalue weighted by atomic mass is 10.1. The van der Waals surface area contributed by atoms with Crippen molar-refractivity contribution >= 4 is 17.3 Å². The number of phenolic OH excluding ortho intramolecular Hbond substituents is 2. The topological polar surface area (TPSA) is 105 Å². The fraction of sp³-hybridized carbons (Fsp3) is 0.0714. The molecule has 20 heavy (non-hydrogen) atoms. The number of nitrogen functional groups attached to an aromatic ring is 1. The van der Waals surface area contributed by atoms with Crippen LogP contribution in [0.4, 0.5) is 11.4 Å². The van der Waals surface area contributed by atoms with Gasteiger partial charge in [0.2, 0.25) is 0 Å². The quantitative estimate of drug-likeness (QED) is 0.640. The van der Waals surface area contributed by atoms with Gasteiger partial charge >= 0.3 is 0 Å². The van der Waals surface area contributed by atoms with Gasteiger partial charge in [-0.25, -0.2) is 0 Å². The van der Waals surface area contributed by atoms with Crippen LogP contribution >= 0.6 is 0 Å². The van der Waals surface area contributed by atoms with Crippen molar-refractivity contribution in [2.45, 2.75) is 0 Å². The molecule has 6 heteroatoms. The second-order valence-corrected chi connectivity index (χ2v) is 4.08. The van der Waals surface area contributed by atoms with Crippen LogP contribution in [-0.2, 0) is 0 Å². The van der Waals surface area contributed by atoms with Crippen molar-refractivity contribution in [1.82, 2.24) is 0 Å². The van der Waals surface area contributed by atoms with Gasteiger partial charge in [-0.2, -0.15) is 0 Å². The summed E-state index contributed by atoms with van der Waals surface area (Å²) in [5, 5.41) is 21.8. The standard InChI is InChI=1S/C14H14N2O4/c1-20-12-6-5-8(7-9(12)15)16-14(19)13-10(17)3-2-4-11(13)18/h2-7,17-18H,15H2,1H3,(H,16,19). The minimum absolute atomic E-state index is 0.193. The number of phenols is 2. The number of nitrogens with one attached hydrogen (secondary N) is 1. The lowest BCUT2D eigenvalue weighted by molar-refractivity contribution is 0.102. The Balaban J connectivity index is 2.26. The molecule has 0 saturated carbocycles. The fourth-order valence-corrected chi connectivity index (χ4v) is 1.77. The molecule has 0 heterocycles. The number of carbonyl (C=O) groups is 1. The highest BCUT2D eigenvalue weighted by atomic mass is 16.5. The first kappa shape index (κ1) is 13.5. The van der Waals surface area contributed by atoms with Crippen molar-refractivity contribution in [2.75, 3.05) is 18.2 Å². The van der Waals surface area contributed by atoms with Crippen molar-refractivity contribution in [1.29, 1.82) is 0 Å². The number of carbonyl (C=O) groups excluding carboxylic acids is 1. The summed E-state index contributed by atoms with van der Waals surface area (Å²) < 4.78 is 5.01. The smallest absolute Gasteiger partial charge is 0.263 e. The third-order valence-electron chi connectivity index (χ3n) is 2.74. The fourth-order valence-electron chi connectivity index (χ4n) is 1.77. The van der Waals surface area contributed by atoms with Crippen LogP contribution in [0, 0.1) is 0 Å². The van der Waals surface area contributed by atoms with E-state index < -0.39 is 5.91 Å². The van der Waals surface area contributed by atoms with Crippen LogP contribution in [0.25, 0.3) is 0 Å². The lowest BCUT2D eigenvalue weighted by Gasteiger charge is -2.10. The molecule has 6 nitrogen and oxygen atoms in total. The van der Waals surface area contributed by atoms with Gasteiger partial charge in [-0.05, 0) is 30.3 Å². The summed E-state index contributed by atoms with van der Waals surface area (Å²) >= 11 is 0. The molecule has 0 fully saturated rings. The molecule has 2 rings (SSSR count). The largest absolute Gasteiger partial charge is 0.507 e. The molecular weight excluding hydrogens is 260 g/mol. The van der Waals surface area contributed by atoms with E-state index in [1.54, 1.807) is 12.1 Å². The zero-order valence-corrected chi connectivity index (χ0v) is 10.8. The van der Waals surface area contributed by atoms with Gasteiger partial charge in [-0.3, -0.25) is 4.79 Å². The Morgan fingerprint density at radius 2 is 1.85 bits per heavy atom. The van der Waals surface area contributed by atoms with E-state index in [1.807, 2.05) is 0 Å². The first-order chi connectivity index (χ1) is 9.52. The molecule has 0 aliphatic rings. The van der Waals surface area contributed by atoms with Crippen molar-refractivity contribution in [3.05, 3.63) is 42.0 Å². The van der Waals surface area contributed by atoms with E-state index in [2.05, 4.69) is 5.32 Å². The summed E-state index contributed by atoms with van der Waals surface area (Å²) in [6.45, 7) is 0. The Morgan fingerprint density at radius 1 is 1.20 bits per heavy atom. The molecule has 0 atom stereocenters. The highest BCUT2D eigenvalue weighted by Crippen LogP contribution is 2.29. The summed E-state index contributed by atoms with van der Waals surface area (Å²) in [6, 6.07) is 8.80. The van der Waals surface area contributed by atoms with Crippen molar-refractivity contribution in [2.24, 2.45) is 0 Å². The molecule has 0 spiro atoms. The number of amides is 1. The van der Waals surface area contributed by atoms with E-state index in [1.165, 1.54) is 31.4 Å². The number of hydrogen-bond donors (Lipinski definition) is 4. The van der Waals surface area contributed by atoms with Gasteiger partial charge in [0, 0.05) is 5.69 Å². The van der Waals surface area contributed by atoms with Crippen LogP contribution in [0.15, 0.2) is 36.4 Å². The number of hydrogen-bond acceptors (Lipinski definition) is 5. The highest BCUT2D eigenvalue weighted by Gasteiger charge is 2.16. The van der Waals surface area contributed by atoms with Gasteiger partial charge in [0.1, 0.15) is 22.8 Å². The van der Waals surface area contributed by atoms with Crippen LogP contribution < -0.4 is 15.8 Å². The van der Waals surface area contributed by atoms with Crippen LogP contribution in [0.2, 0.25) is 0 Å². The Morgan fingerprint density at radius 3 is 2.40 bits per heavy atom. The molecule has 0 radical (unpaired) electrons. The summed E-state index contributed by atoms with van der Waals surface area (Å²) in [5.74, 6) is -0.744. The molecule has 0 unspecified atom stereocenters. The van der Waals surface area contributed by atoms with Crippen molar-refractivity contribution in [3.8, 4) is 17.2 Å². The number of benzene rings is 2. The van der Waals surface area contributed by atoms with E-state index in [-0.39, 0.29) is 17.1 Å². The average molecular weight is 274 g/mol. The SMILES string of the molecule is COc1ccc(NC(=O)c2c(O)cccc2O)cc1N. The molecule has 1 amide bonds. The summed E-state index contributed by atoms with van der Waals surface area (Å²) in [6.07, 6.45) is 0. The number of aromatic hydroxyl groups is 2. The van der Waals surface area contributed by atoms with Crippen LogP contribution in [0.3, 0.4) is 0 Å². The van der Waals surface area contributed by atoms with Gasteiger partial charge in [0.05, 0.1) is 12.8 Å². The maximum atomic E-state index is 12.0. The minimum atomic E-state index is -0.634. The van der Waals surface area contributed by atoms with E-state index in [0.29, 0.717) is 17.1 Å². The summed E-state index contributed by atoms with van der Waals surface area (Å²) in [7, 11) is 1.49. The molecule has 0 aromatic heterocycles. The molecule has 0 bridgehead atoms. The van der Waals surface area contributed by atoms with E-state index >= 15 is 0 Å². The highest BCUT2D eigenvalue weighted by molar-refractivity contribution is 6.08. The van der Waals surface area contributed by atoms with Gasteiger partial charge in [0.15, 0.2) is 0 Å². The third kappa shape index (κ3) is 2.59. The molecule has 2 aromatic rings. The van der Waals surface area contributed by atoms with Crippen LogP contribution in [0.5, 0.6) is 17.2 Å². The second-order valence-electron chi connectivity index (χ2n) is 4.08. The predicted octanol–water partition coefficient (Wildman–Crippen LogP) is 1.94. The molecule has 0 aliphatic heterocycles. The van der Waals surface area contributed by atoms with Gasteiger partial charge in [0.25, 0.3) is 5.91 Å². The van der Waals surface area contributed by atoms with E-state index in [0.717, 1.165) is 0 Å².